The summed E-state index contributed by atoms with van der Waals surface area (Å²) in [6.07, 6.45) is 1.97. The fourth-order valence-corrected chi connectivity index (χ4v) is 1.99. The van der Waals surface area contributed by atoms with Gasteiger partial charge >= 0.3 is 5.97 Å². The molecule has 2 unspecified atom stereocenters. The molecule has 134 valence electrons. The molecule has 0 saturated carbocycles. The van der Waals surface area contributed by atoms with E-state index in [0.29, 0.717) is 30.3 Å². The Bertz CT molecular complexity index is 558. The SMILES string of the molecule is CCCCOc1ccc(C(=O)NC(C)C(C)C(=O)O)cc1OCC. The van der Waals surface area contributed by atoms with Crippen LogP contribution in [0.25, 0.3) is 0 Å². The fourth-order valence-electron chi connectivity index (χ4n) is 1.99. The van der Waals surface area contributed by atoms with Crippen LogP contribution in [0.1, 0.15) is 50.9 Å². The number of hydrogen-bond acceptors (Lipinski definition) is 4. The van der Waals surface area contributed by atoms with Gasteiger partial charge < -0.3 is 19.9 Å². The third kappa shape index (κ3) is 5.76. The average Bonchev–Trinajstić information content (AvgIpc) is 2.55. The Labute approximate surface area is 143 Å². The van der Waals surface area contributed by atoms with E-state index in [2.05, 4.69) is 12.2 Å². The van der Waals surface area contributed by atoms with Gasteiger partial charge in [0.2, 0.25) is 0 Å². The first kappa shape index (κ1) is 19.8. The number of benzene rings is 1. The molecule has 0 heterocycles. The number of hydrogen-bond donors (Lipinski definition) is 2. The van der Waals surface area contributed by atoms with Gasteiger partial charge in [-0.15, -0.1) is 0 Å². The molecular formula is C18H27NO5. The van der Waals surface area contributed by atoms with E-state index in [4.69, 9.17) is 14.6 Å². The molecule has 0 aliphatic carbocycles. The van der Waals surface area contributed by atoms with Gasteiger partial charge in [0.25, 0.3) is 5.91 Å². The molecule has 0 aromatic heterocycles. The van der Waals surface area contributed by atoms with E-state index >= 15 is 0 Å². The van der Waals surface area contributed by atoms with Gasteiger partial charge in [-0.2, -0.15) is 0 Å². The predicted molar refractivity (Wildman–Crippen MR) is 91.7 cm³/mol. The molecular weight excluding hydrogens is 310 g/mol. The maximum Gasteiger partial charge on any atom is 0.308 e. The Morgan fingerprint density at radius 3 is 2.46 bits per heavy atom. The molecule has 0 radical (unpaired) electrons. The Kier molecular flexibility index (Phi) is 8.09. The zero-order valence-corrected chi connectivity index (χ0v) is 14.8. The Morgan fingerprint density at radius 1 is 1.17 bits per heavy atom. The Morgan fingerprint density at radius 2 is 1.88 bits per heavy atom. The lowest BCUT2D eigenvalue weighted by Crippen LogP contribution is -2.40. The van der Waals surface area contributed by atoms with E-state index in [9.17, 15) is 9.59 Å². The van der Waals surface area contributed by atoms with Crippen molar-refractivity contribution in [1.29, 1.82) is 0 Å². The first-order valence-corrected chi connectivity index (χ1v) is 8.34. The highest BCUT2D eigenvalue weighted by atomic mass is 16.5. The molecule has 0 spiro atoms. The van der Waals surface area contributed by atoms with Crippen molar-refractivity contribution in [3.05, 3.63) is 23.8 Å². The quantitative estimate of drug-likeness (QED) is 0.641. The topological polar surface area (TPSA) is 84.9 Å². The van der Waals surface area contributed by atoms with Crippen molar-refractivity contribution >= 4 is 11.9 Å². The minimum atomic E-state index is -0.947. The summed E-state index contributed by atoms with van der Waals surface area (Å²) < 4.78 is 11.2. The monoisotopic (exact) mass is 337 g/mol. The molecule has 6 heteroatoms. The number of amides is 1. The second kappa shape index (κ2) is 9.80. The molecule has 1 aromatic carbocycles. The summed E-state index contributed by atoms with van der Waals surface area (Å²) in [6.45, 7) is 8.22. The third-order valence-corrected chi connectivity index (χ3v) is 3.76. The predicted octanol–water partition coefficient (Wildman–Crippen LogP) is 3.10. The first-order chi connectivity index (χ1) is 11.4. The molecule has 1 amide bonds. The van der Waals surface area contributed by atoms with Crippen LogP contribution in [0.2, 0.25) is 0 Å². The second-order valence-electron chi connectivity index (χ2n) is 5.69. The minimum Gasteiger partial charge on any atom is -0.490 e. The van der Waals surface area contributed by atoms with E-state index in [1.165, 1.54) is 0 Å². The van der Waals surface area contributed by atoms with Crippen molar-refractivity contribution in [1.82, 2.24) is 5.32 Å². The summed E-state index contributed by atoms with van der Waals surface area (Å²) >= 11 is 0. The van der Waals surface area contributed by atoms with Gasteiger partial charge in [-0.25, -0.2) is 0 Å². The van der Waals surface area contributed by atoms with Crippen LogP contribution in [0.3, 0.4) is 0 Å². The molecule has 0 fully saturated rings. The third-order valence-electron chi connectivity index (χ3n) is 3.76. The maximum atomic E-state index is 12.3. The number of carboxylic acid groups (broad SMARTS) is 1. The van der Waals surface area contributed by atoms with E-state index in [-0.39, 0.29) is 5.91 Å². The van der Waals surface area contributed by atoms with Crippen molar-refractivity contribution in [2.75, 3.05) is 13.2 Å². The van der Waals surface area contributed by atoms with Crippen LogP contribution in [0.15, 0.2) is 18.2 Å². The molecule has 0 bridgehead atoms. The zero-order chi connectivity index (χ0) is 18.1. The normalized spacial score (nSPS) is 13.0. The van der Waals surface area contributed by atoms with Gasteiger partial charge in [0.05, 0.1) is 19.1 Å². The Balaban J connectivity index is 2.85. The molecule has 24 heavy (non-hydrogen) atoms. The second-order valence-corrected chi connectivity index (χ2v) is 5.69. The minimum absolute atomic E-state index is 0.336. The number of rotatable bonds is 10. The largest absolute Gasteiger partial charge is 0.490 e. The number of carbonyl (C=O) groups excluding carboxylic acids is 1. The lowest BCUT2D eigenvalue weighted by atomic mass is 10.0. The summed E-state index contributed by atoms with van der Waals surface area (Å²) in [5.74, 6) is -0.833. The highest BCUT2D eigenvalue weighted by molar-refractivity contribution is 5.95. The van der Waals surface area contributed by atoms with E-state index in [0.717, 1.165) is 12.8 Å². The highest BCUT2D eigenvalue weighted by Gasteiger charge is 2.22. The van der Waals surface area contributed by atoms with Crippen molar-refractivity contribution in [3.63, 3.8) is 0 Å². The average molecular weight is 337 g/mol. The molecule has 0 saturated heterocycles. The standard InChI is InChI=1S/C18H27NO5/c1-5-7-10-24-15-9-8-14(11-16(15)23-6-2)17(20)19-13(4)12(3)18(21)22/h8-9,11-13H,5-7,10H2,1-4H3,(H,19,20)(H,21,22). The molecule has 6 nitrogen and oxygen atoms in total. The number of unbranched alkanes of at least 4 members (excludes halogenated alkanes) is 1. The van der Waals surface area contributed by atoms with Crippen LogP contribution in [-0.4, -0.2) is 36.2 Å². The van der Waals surface area contributed by atoms with Gasteiger partial charge in [0.1, 0.15) is 0 Å². The summed E-state index contributed by atoms with van der Waals surface area (Å²) in [6, 6.07) is 4.50. The summed E-state index contributed by atoms with van der Waals surface area (Å²) in [7, 11) is 0. The van der Waals surface area contributed by atoms with Crippen molar-refractivity contribution in [2.24, 2.45) is 5.92 Å². The van der Waals surface area contributed by atoms with Gasteiger partial charge in [0, 0.05) is 11.6 Å². The van der Waals surface area contributed by atoms with Gasteiger partial charge in [-0.1, -0.05) is 13.3 Å². The van der Waals surface area contributed by atoms with Gasteiger partial charge in [0.15, 0.2) is 11.5 Å². The van der Waals surface area contributed by atoms with E-state index in [1.807, 2.05) is 6.92 Å². The number of nitrogens with one attached hydrogen (secondary N) is 1. The Hall–Kier alpha value is -2.24. The van der Waals surface area contributed by atoms with Crippen LogP contribution >= 0.6 is 0 Å². The lowest BCUT2D eigenvalue weighted by molar-refractivity contribution is -0.141. The van der Waals surface area contributed by atoms with Gasteiger partial charge in [-0.05, 0) is 45.4 Å². The molecule has 1 rings (SSSR count). The van der Waals surface area contributed by atoms with Crippen LogP contribution in [-0.2, 0) is 4.79 Å². The first-order valence-electron chi connectivity index (χ1n) is 8.34. The van der Waals surface area contributed by atoms with Crippen molar-refractivity contribution < 1.29 is 24.2 Å². The van der Waals surface area contributed by atoms with Crippen molar-refractivity contribution in [2.45, 2.75) is 46.6 Å². The number of ether oxygens (including phenoxy) is 2. The number of carboxylic acids is 1. The van der Waals surface area contributed by atoms with E-state index < -0.39 is 17.9 Å². The van der Waals surface area contributed by atoms with Crippen LogP contribution in [0.4, 0.5) is 0 Å². The fraction of sp³-hybridized carbons (Fsp3) is 0.556. The molecule has 2 N–H and O–H groups in total. The molecule has 0 aliphatic rings. The van der Waals surface area contributed by atoms with Crippen molar-refractivity contribution in [3.8, 4) is 11.5 Å². The van der Waals surface area contributed by atoms with Crippen LogP contribution in [0, 0.1) is 5.92 Å². The molecule has 1 aromatic rings. The number of carbonyl (C=O) groups is 2. The van der Waals surface area contributed by atoms with E-state index in [1.54, 1.807) is 32.0 Å². The summed E-state index contributed by atoms with van der Waals surface area (Å²) in [4.78, 5) is 23.3. The highest BCUT2D eigenvalue weighted by Crippen LogP contribution is 2.29. The number of aliphatic carboxylic acids is 1. The maximum absolute atomic E-state index is 12.3. The molecule has 2 atom stereocenters. The smallest absolute Gasteiger partial charge is 0.308 e. The summed E-state index contributed by atoms with van der Waals surface area (Å²) in [5, 5.41) is 11.7. The molecule has 0 aliphatic heterocycles. The lowest BCUT2D eigenvalue weighted by Gasteiger charge is -2.18. The zero-order valence-electron chi connectivity index (χ0n) is 14.8. The van der Waals surface area contributed by atoms with Gasteiger partial charge in [-0.3, -0.25) is 9.59 Å². The van der Waals surface area contributed by atoms with Crippen LogP contribution in [0.5, 0.6) is 11.5 Å². The summed E-state index contributed by atoms with van der Waals surface area (Å²) in [5.41, 5.74) is 0.408. The van der Waals surface area contributed by atoms with Crippen LogP contribution < -0.4 is 14.8 Å².